The zero-order chi connectivity index (χ0) is 24.4. The van der Waals surface area contributed by atoms with Gasteiger partial charge in [-0.3, -0.25) is 4.90 Å². The van der Waals surface area contributed by atoms with Crippen molar-refractivity contribution in [1.29, 1.82) is 0 Å². The van der Waals surface area contributed by atoms with E-state index in [1.54, 1.807) is 0 Å². The maximum absolute atomic E-state index is 11.2. The largest absolute Gasteiger partial charge is 0.391 e. The van der Waals surface area contributed by atoms with Crippen molar-refractivity contribution < 1.29 is 14.6 Å². The monoisotopic (exact) mass is 490 g/mol. The molecule has 4 aliphatic rings. The third kappa shape index (κ3) is 3.80. The lowest BCUT2D eigenvalue weighted by atomic mass is 9.84. The van der Waals surface area contributed by atoms with Crippen molar-refractivity contribution >= 4 is 16.7 Å². The van der Waals surface area contributed by atoms with Gasteiger partial charge in [-0.15, -0.1) is 0 Å². The average Bonchev–Trinajstić information content (AvgIpc) is 3.68. The number of aryl methyl sites for hydroxylation is 2. The van der Waals surface area contributed by atoms with E-state index in [1.165, 1.54) is 11.1 Å². The number of aromatic nitrogens is 4. The van der Waals surface area contributed by atoms with E-state index in [-0.39, 0.29) is 5.92 Å². The minimum Gasteiger partial charge on any atom is -0.391 e. The van der Waals surface area contributed by atoms with Gasteiger partial charge in [0.1, 0.15) is 11.6 Å². The van der Waals surface area contributed by atoms with Crippen LogP contribution in [0.5, 0.6) is 0 Å². The molecule has 4 unspecified atom stereocenters. The Kier molecular flexibility index (Phi) is 5.50. The van der Waals surface area contributed by atoms with Crippen molar-refractivity contribution in [2.45, 2.75) is 63.3 Å². The summed E-state index contributed by atoms with van der Waals surface area (Å²) in [7, 11) is 0. The number of aliphatic hydroxyl groups is 1. The van der Waals surface area contributed by atoms with E-state index in [0.717, 1.165) is 80.5 Å². The van der Waals surface area contributed by atoms with Crippen LogP contribution in [-0.4, -0.2) is 93.5 Å². The predicted molar refractivity (Wildman–Crippen MR) is 136 cm³/mol. The van der Waals surface area contributed by atoms with E-state index >= 15 is 0 Å². The van der Waals surface area contributed by atoms with Crippen LogP contribution < -0.4 is 4.90 Å². The lowest BCUT2D eigenvalue weighted by molar-refractivity contribution is 0.0264. The number of nitrogens with zero attached hydrogens (tertiary/aromatic N) is 6. The molecule has 0 radical (unpaired) electrons. The number of hydrogen-bond acceptors (Lipinski definition) is 8. The molecule has 7 rings (SSSR count). The number of aliphatic hydroxyl groups excluding tert-OH is 1. The number of fused-ring (bicyclic) bond motifs is 3. The molecule has 190 valence electrons. The molecule has 6 heterocycles. The summed E-state index contributed by atoms with van der Waals surface area (Å²) in [6.07, 6.45) is 4.90. The van der Waals surface area contributed by atoms with Crippen LogP contribution in [0.25, 0.3) is 16.7 Å². The number of benzene rings is 1. The van der Waals surface area contributed by atoms with Gasteiger partial charge in [0.25, 0.3) is 0 Å². The summed E-state index contributed by atoms with van der Waals surface area (Å²) in [5.74, 6) is 2.57. The highest BCUT2D eigenvalue weighted by Crippen LogP contribution is 2.36. The third-order valence-electron chi connectivity index (χ3n) is 8.61. The van der Waals surface area contributed by atoms with E-state index in [1.807, 2.05) is 17.8 Å². The first-order valence-electron chi connectivity index (χ1n) is 13.3. The smallest absolute Gasteiger partial charge is 0.159 e. The molecule has 3 aromatic rings. The minimum atomic E-state index is -0.396. The summed E-state index contributed by atoms with van der Waals surface area (Å²) in [5, 5.41) is 17.0. The Bertz CT molecular complexity index is 1290. The Morgan fingerprint density at radius 1 is 1.00 bits per heavy atom. The number of likely N-dealkylation sites (tertiary alicyclic amines) is 1. The highest BCUT2D eigenvalue weighted by Gasteiger charge is 2.40. The van der Waals surface area contributed by atoms with E-state index < -0.39 is 6.10 Å². The Balaban J connectivity index is 1.21. The topological polar surface area (TPSA) is 88.8 Å². The molecule has 4 aliphatic heterocycles. The number of rotatable bonds is 4. The number of anilines is 1. The zero-order valence-corrected chi connectivity index (χ0v) is 21.0. The van der Waals surface area contributed by atoms with Crippen molar-refractivity contribution in [3.63, 3.8) is 0 Å². The summed E-state index contributed by atoms with van der Waals surface area (Å²) in [5.41, 5.74) is 3.43. The third-order valence-corrected chi connectivity index (χ3v) is 8.61. The first-order chi connectivity index (χ1) is 17.5. The molecule has 5 atom stereocenters. The van der Waals surface area contributed by atoms with Crippen LogP contribution in [0.3, 0.4) is 0 Å². The van der Waals surface area contributed by atoms with Crippen molar-refractivity contribution in [2.75, 3.05) is 44.4 Å². The number of piperidine rings is 1. The van der Waals surface area contributed by atoms with Gasteiger partial charge in [0.2, 0.25) is 0 Å². The first kappa shape index (κ1) is 22.6. The van der Waals surface area contributed by atoms with Gasteiger partial charge in [0.05, 0.1) is 43.2 Å². The quantitative estimate of drug-likeness (QED) is 0.596. The Labute approximate surface area is 211 Å². The fourth-order valence-electron chi connectivity index (χ4n) is 6.72. The number of β-amino-alcohol motifs (C(OH)–C–C–N with tert-alkyl or cyclic N) is 1. The fraction of sp³-hybridized carbons (Fsp3) is 0.593. The van der Waals surface area contributed by atoms with Crippen molar-refractivity contribution in [1.82, 2.24) is 24.6 Å². The van der Waals surface area contributed by atoms with Gasteiger partial charge in [0, 0.05) is 43.1 Å². The summed E-state index contributed by atoms with van der Waals surface area (Å²) >= 11 is 0. The highest BCUT2D eigenvalue weighted by atomic mass is 16.5. The van der Waals surface area contributed by atoms with Gasteiger partial charge >= 0.3 is 0 Å². The summed E-state index contributed by atoms with van der Waals surface area (Å²) in [6.45, 7) is 9.05. The molecule has 0 aliphatic carbocycles. The van der Waals surface area contributed by atoms with Crippen LogP contribution in [-0.2, 0) is 9.47 Å². The molecule has 9 nitrogen and oxygen atoms in total. The summed E-state index contributed by atoms with van der Waals surface area (Å²) < 4.78 is 13.3. The Hall–Kier alpha value is -2.59. The highest BCUT2D eigenvalue weighted by molar-refractivity contribution is 5.82. The predicted octanol–water partition coefficient (Wildman–Crippen LogP) is 2.35. The van der Waals surface area contributed by atoms with Crippen molar-refractivity contribution in [2.24, 2.45) is 0 Å². The van der Waals surface area contributed by atoms with E-state index in [0.29, 0.717) is 24.7 Å². The zero-order valence-electron chi connectivity index (χ0n) is 21.0. The molecular weight excluding hydrogens is 456 g/mol. The number of ether oxygens (including phenoxy) is 2. The van der Waals surface area contributed by atoms with Gasteiger partial charge < -0.3 is 19.5 Å². The fourth-order valence-corrected chi connectivity index (χ4v) is 6.72. The molecule has 2 aromatic heterocycles. The maximum Gasteiger partial charge on any atom is 0.159 e. The van der Waals surface area contributed by atoms with Gasteiger partial charge in [-0.25, -0.2) is 14.6 Å². The van der Waals surface area contributed by atoms with Crippen LogP contribution in [0.4, 0.5) is 5.82 Å². The lowest BCUT2D eigenvalue weighted by Crippen LogP contribution is -2.48. The maximum atomic E-state index is 11.2. The minimum absolute atomic E-state index is 0.110. The molecule has 0 amide bonds. The number of hydrogen-bond donors (Lipinski definition) is 1. The van der Waals surface area contributed by atoms with Gasteiger partial charge in [-0.2, -0.15) is 5.10 Å². The van der Waals surface area contributed by atoms with E-state index in [9.17, 15) is 5.11 Å². The van der Waals surface area contributed by atoms with E-state index in [4.69, 9.17) is 24.5 Å². The molecule has 0 spiro atoms. The van der Waals surface area contributed by atoms with Gasteiger partial charge in [-0.05, 0) is 62.9 Å². The van der Waals surface area contributed by atoms with Crippen LogP contribution in [0.1, 0.15) is 42.1 Å². The number of morpholine rings is 1. The average molecular weight is 491 g/mol. The lowest BCUT2D eigenvalue weighted by Gasteiger charge is -2.39. The molecular formula is C27H34N6O3. The molecule has 0 saturated carbocycles. The van der Waals surface area contributed by atoms with Crippen LogP contribution in [0.2, 0.25) is 0 Å². The Morgan fingerprint density at radius 3 is 2.64 bits per heavy atom. The van der Waals surface area contributed by atoms with Crippen LogP contribution in [0, 0.1) is 13.8 Å². The molecule has 36 heavy (non-hydrogen) atoms. The standard InChI is InChI=1S/C27H34N6O3/c1-16-7-18-11-28-33(27-10-26(29-17(2)30-27)32-12-21-8-20(32)15-36-21)24(18)9-23(16)22-3-5-31(13-25(22)34)19-4-6-35-14-19/h7,9-11,19-22,25,34H,3-6,8,12-15H2,1-2H3/t19-,20?,21?,22?,25?/m0/s1. The molecule has 9 heteroatoms. The van der Waals surface area contributed by atoms with E-state index in [2.05, 4.69) is 34.9 Å². The molecule has 1 N–H and O–H groups in total. The summed E-state index contributed by atoms with van der Waals surface area (Å²) in [6, 6.07) is 7.31. The SMILES string of the molecule is Cc1nc(N2CC3CC2CO3)cc(-n2ncc3cc(C)c(C4CCN([C@H]5CCOC5)CC4O)cc32)n1. The van der Waals surface area contributed by atoms with Crippen molar-refractivity contribution in [3.8, 4) is 5.82 Å². The van der Waals surface area contributed by atoms with Gasteiger partial charge in [0.15, 0.2) is 5.82 Å². The first-order valence-corrected chi connectivity index (χ1v) is 13.3. The van der Waals surface area contributed by atoms with Gasteiger partial charge in [-0.1, -0.05) is 0 Å². The van der Waals surface area contributed by atoms with Crippen LogP contribution >= 0.6 is 0 Å². The second-order valence-corrected chi connectivity index (χ2v) is 10.9. The normalized spacial score (nSPS) is 30.6. The van der Waals surface area contributed by atoms with Crippen LogP contribution in [0.15, 0.2) is 24.4 Å². The molecule has 4 fully saturated rings. The Morgan fingerprint density at radius 2 is 1.89 bits per heavy atom. The summed E-state index contributed by atoms with van der Waals surface area (Å²) in [4.78, 5) is 14.3. The molecule has 1 aromatic carbocycles. The second-order valence-electron chi connectivity index (χ2n) is 10.9. The second kappa shape index (κ2) is 8.76. The van der Waals surface area contributed by atoms with Crippen molar-refractivity contribution in [3.05, 3.63) is 41.3 Å². The molecule has 4 saturated heterocycles. The molecule has 2 bridgehead atoms.